The first kappa shape index (κ1) is 18.3. The zero-order chi connectivity index (χ0) is 19.5. The van der Waals surface area contributed by atoms with Crippen molar-refractivity contribution in [3.63, 3.8) is 0 Å². The Kier molecular flexibility index (Phi) is 5.13. The summed E-state index contributed by atoms with van der Waals surface area (Å²) in [5, 5.41) is -0.227. The molecule has 0 radical (unpaired) electrons. The Morgan fingerprint density at radius 3 is 2.36 bits per heavy atom. The standard InChI is InChI=1S/C24H19NO2S/c1-17-10-12-20(13-11-17)21-9-5-8-19(14-21)15-22-23(26)25(24(27)28-22)16-18-6-3-2-4-7-18/h2-15H,16H2,1H3/b22-15-. The van der Waals surface area contributed by atoms with Crippen LogP contribution in [0, 0.1) is 6.92 Å². The Bertz CT molecular complexity index is 1060. The summed E-state index contributed by atoms with van der Waals surface area (Å²) in [6.07, 6.45) is 1.80. The topological polar surface area (TPSA) is 37.4 Å². The maximum Gasteiger partial charge on any atom is 0.293 e. The Balaban J connectivity index is 1.57. The predicted octanol–water partition coefficient (Wildman–Crippen LogP) is 5.90. The number of carbonyl (C=O) groups excluding carboxylic acids is 2. The van der Waals surface area contributed by atoms with E-state index >= 15 is 0 Å². The van der Waals surface area contributed by atoms with Crippen molar-refractivity contribution in [1.82, 2.24) is 4.90 Å². The lowest BCUT2D eigenvalue weighted by atomic mass is 10.0. The summed E-state index contributed by atoms with van der Waals surface area (Å²) in [5.41, 5.74) is 5.26. The van der Waals surface area contributed by atoms with Crippen molar-refractivity contribution in [1.29, 1.82) is 0 Å². The molecule has 0 unspecified atom stereocenters. The molecule has 0 bridgehead atoms. The van der Waals surface area contributed by atoms with Gasteiger partial charge in [0.15, 0.2) is 0 Å². The second-order valence-electron chi connectivity index (χ2n) is 6.74. The van der Waals surface area contributed by atoms with E-state index in [4.69, 9.17) is 0 Å². The van der Waals surface area contributed by atoms with E-state index in [0.29, 0.717) is 11.4 Å². The van der Waals surface area contributed by atoms with Crippen molar-refractivity contribution in [2.75, 3.05) is 0 Å². The highest BCUT2D eigenvalue weighted by Gasteiger charge is 2.34. The van der Waals surface area contributed by atoms with Gasteiger partial charge in [0.1, 0.15) is 0 Å². The van der Waals surface area contributed by atoms with Crippen LogP contribution in [-0.4, -0.2) is 16.0 Å². The molecule has 0 N–H and O–H groups in total. The lowest BCUT2D eigenvalue weighted by Crippen LogP contribution is -2.27. The smallest absolute Gasteiger partial charge is 0.268 e. The highest BCUT2D eigenvalue weighted by atomic mass is 32.2. The van der Waals surface area contributed by atoms with Gasteiger partial charge in [-0.15, -0.1) is 0 Å². The van der Waals surface area contributed by atoms with E-state index in [1.807, 2.05) is 54.6 Å². The van der Waals surface area contributed by atoms with Gasteiger partial charge in [0.05, 0.1) is 11.4 Å². The van der Waals surface area contributed by atoms with Gasteiger partial charge in [-0.25, -0.2) is 0 Å². The highest BCUT2D eigenvalue weighted by Crippen LogP contribution is 2.33. The fraction of sp³-hybridized carbons (Fsp3) is 0.0833. The number of nitrogens with zero attached hydrogens (tertiary/aromatic N) is 1. The average Bonchev–Trinajstić information content (AvgIpc) is 2.97. The number of hydrogen-bond donors (Lipinski definition) is 0. The van der Waals surface area contributed by atoms with Crippen LogP contribution in [-0.2, 0) is 11.3 Å². The molecule has 3 aromatic rings. The van der Waals surface area contributed by atoms with Crippen molar-refractivity contribution in [3.05, 3.63) is 100 Å². The normalized spacial score (nSPS) is 15.5. The fourth-order valence-corrected chi connectivity index (χ4v) is 3.95. The van der Waals surface area contributed by atoms with Crippen LogP contribution in [0.2, 0.25) is 0 Å². The average molecular weight is 385 g/mol. The third-order valence-electron chi connectivity index (χ3n) is 4.63. The second kappa shape index (κ2) is 7.87. The van der Waals surface area contributed by atoms with E-state index in [0.717, 1.165) is 34.0 Å². The zero-order valence-electron chi connectivity index (χ0n) is 15.5. The quantitative estimate of drug-likeness (QED) is 0.525. The molecule has 3 nitrogen and oxygen atoms in total. The molecule has 28 heavy (non-hydrogen) atoms. The predicted molar refractivity (Wildman–Crippen MR) is 115 cm³/mol. The van der Waals surface area contributed by atoms with E-state index in [-0.39, 0.29) is 11.1 Å². The molecule has 138 valence electrons. The van der Waals surface area contributed by atoms with Gasteiger partial charge in [-0.1, -0.05) is 78.4 Å². The van der Waals surface area contributed by atoms with Crippen LogP contribution >= 0.6 is 11.8 Å². The van der Waals surface area contributed by atoms with Crippen LogP contribution in [0.4, 0.5) is 4.79 Å². The first-order chi connectivity index (χ1) is 13.6. The lowest BCUT2D eigenvalue weighted by Gasteiger charge is -2.12. The summed E-state index contributed by atoms with van der Waals surface area (Å²) in [7, 11) is 0. The largest absolute Gasteiger partial charge is 0.293 e. The Morgan fingerprint density at radius 2 is 1.61 bits per heavy atom. The molecule has 0 aromatic heterocycles. The SMILES string of the molecule is Cc1ccc(-c2cccc(/C=C3\SC(=O)N(Cc4ccccc4)C3=O)c2)cc1. The molecule has 1 saturated heterocycles. The summed E-state index contributed by atoms with van der Waals surface area (Å²) in [6.45, 7) is 2.36. The van der Waals surface area contributed by atoms with Crippen LogP contribution in [0.5, 0.6) is 0 Å². The van der Waals surface area contributed by atoms with Gasteiger partial charge >= 0.3 is 0 Å². The van der Waals surface area contributed by atoms with Crippen molar-refractivity contribution < 1.29 is 9.59 Å². The van der Waals surface area contributed by atoms with Crippen LogP contribution in [0.3, 0.4) is 0 Å². The van der Waals surface area contributed by atoms with Gasteiger partial charge in [-0.2, -0.15) is 0 Å². The molecule has 0 aliphatic carbocycles. The number of carbonyl (C=O) groups is 2. The number of benzene rings is 3. The Labute approximate surface area is 168 Å². The van der Waals surface area contributed by atoms with E-state index in [9.17, 15) is 9.59 Å². The number of aryl methyl sites for hydroxylation is 1. The molecule has 2 amide bonds. The summed E-state index contributed by atoms with van der Waals surface area (Å²) in [4.78, 5) is 26.8. The zero-order valence-corrected chi connectivity index (χ0v) is 16.3. The molecule has 1 aliphatic heterocycles. The minimum Gasteiger partial charge on any atom is -0.268 e. The summed E-state index contributed by atoms with van der Waals surface area (Å²) >= 11 is 0.998. The summed E-state index contributed by atoms with van der Waals surface area (Å²) < 4.78 is 0. The minimum atomic E-state index is -0.236. The fourth-order valence-electron chi connectivity index (χ4n) is 3.11. The summed E-state index contributed by atoms with van der Waals surface area (Å²) in [6, 6.07) is 25.9. The molecule has 0 spiro atoms. The Hall–Kier alpha value is -3.11. The van der Waals surface area contributed by atoms with Gasteiger partial charge < -0.3 is 0 Å². The van der Waals surface area contributed by atoms with E-state index in [2.05, 4.69) is 31.2 Å². The molecular weight excluding hydrogens is 366 g/mol. The van der Waals surface area contributed by atoms with Crippen molar-refractivity contribution in [3.8, 4) is 11.1 Å². The first-order valence-corrected chi connectivity index (χ1v) is 9.88. The molecule has 1 fully saturated rings. The van der Waals surface area contributed by atoms with Gasteiger partial charge in [-0.05, 0) is 53.1 Å². The van der Waals surface area contributed by atoms with Gasteiger partial charge in [0.25, 0.3) is 11.1 Å². The maximum absolute atomic E-state index is 12.7. The minimum absolute atomic E-state index is 0.227. The molecular formula is C24H19NO2S. The maximum atomic E-state index is 12.7. The van der Waals surface area contributed by atoms with Crippen LogP contribution in [0.15, 0.2) is 83.8 Å². The van der Waals surface area contributed by atoms with Crippen LogP contribution in [0.25, 0.3) is 17.2 Å². The number of hydrogen-bond acceptors (Lipinski definition) is 3. The highest BCUT2D eigenvalue weighted by molar-refractivity contribution is 8.18. The van der Waals surface area contributed by atoms with Crippen molar-refractivity contribution in [2.24, 2.45) is 0 Å². The molecule has 3 aromatic carbocycles. The number of imide groups is 1. The summed E-state index contributed by atoms with van der Waals surface area (Å²) in [5.74, 6) is -0.236. The van der Waals surface area contributed by atoms with E-state index in [1.165, 1.54) is 10.5 Å². The van der Waals surface area contributed by atoms with E-state index in [1.54, 1.807) is 6.08 Å². The van der Waals surface area contributed by atoms with Crippen molar-refractivity contribution in [2.45, 2.75) is 13.5 Å². The molecule has 0 saturated carbocycles. The number of rotatable bonds is 4. The molecule has 4 heteroatoms. The van der Waals surface area contributed by atoms with Crippen molar-refractivity contribution >= 4 is 29.0 Å². The second-order valence-corrected chi connectivity index (χ2v) is 7.74. The van der Waals surface area contributed by atoms with Gasteiger partial charge in [-0.3, -0.25) is 14.5 Å². The number of thioether (sulfide) groups is 1. The molecule has 4 rings (SSSR count). The van der Waals surface area contributed by atoms with E-state index < -0.39 is 0 Å². The van der Waals surface area contributed by atoms with Crippen LogP contribution < -0.4 is 0 Å². The third kappa shape index (κ3) is 3.92. The van der Waals surface area contributed by atoms with Gasteiger partial charge in [0.2, 0.25) is 0 Å². The lowest BCUT2D eigenvalue weighted by molar-refractivity contribution is -0.123. The van der Waals surface area contributed by atoms with Crippen LogP contribution in [0.1, 0.15) is 16.7 Å². The molecule has 0 atom stereocenters. The third-order valence-corrected chi connectivity index (χ3v) is 5.53. The van der Waals surface area contributed by atoms with Gasteiger partial charge in [0, 0.05) is 0 Å². The monoisotopic (exact) mass is 385 g/mol. The molecule has 1 aliphatic rings. The Morgan fingerprint density at radius 1 is 0.857 bits per heavy atom. The number of amides is 2. The first-order valence-electron chi connectivity index (χ1n) is 9.06. The molecule has 1 heterocycles.